The molecule has 16 heavy (non-hydrogen) atoms. The Morgan fingerprint density at radius 2 is 2.25 bits per heavy atom. The van der Waals surface area contributed by atoms with Gasteiger partial charge in [-0.1, -0.05) is 6.07 Å². The molecular formula is C10H13BN2O3. The van der Waals surface area contributed by atoms with E-state index in [1.165, 1.54) is 6.07 Å². The summed E-state index contributed by atoms with van der Waals surface area (Å²) < 4.78 is 4.87. The van der Waals surface area contributed by atoms with E-state index in [-0.39, 0.29) is 0 Å². The SMILES string of the molecule is COCCNc1ccc(B(O)O)cc1C#N. The maximum absolute atomic E-state index is 8.95. The average molecular weight is 220 g/mol. The molecular weight excluding hydrogens is 207 g/mol. The van der Waals surface area contributed by atoms with Gasteiger partial charge in [0.05, 0.1) is 17.9 Å². The van der Waals surface area contributed by atoms with E-state index < -0.39 is 7.12 Å². The molecule has 0 radical (unpaired) electrons. The third-order valence-electron chi connectivity index (χ3n) is 2.08. The molecule has 0 heterocycles. The molecule has 3 N–H and O–H groups in total. The molecule has 6 heteroatoms. The van der Waals surface area contributed by atoms with Gasteiger partial charge in [-0.3, -0.25) is 0 Å². The standard InChI is InChI=1S/C10H13BN2O3/c1-16-5-4-13-10-3-2-9(11(14)15)6-8(10)7-12/h2-3,6,13-15H,4-5H2,1H3. The van der Waals surface area contributed by atoms with Crippen LogP contribution in [0.2, 0.25) is 0 Å². The van der Waals surface area contributed by atoms with Gasteiger partial charge in [-0.25, -0.2) is 0 Å². The molecule has 1 aromatic carbocycles. The molecule has 84 valence electrons. The monoisotopic (exact) mass is 220 g/mol. The maximum atomic E-state index is 8.95. The third-order valence-corrected chi connectivity index (χ3v) is 2.08. The number of nitrogens with one attached hydrogen (secondary N) is 1. The number of nitrogens with zero attached hydrogens (tertiary/aromatic N) is 1. The van der Waals surface area contributed by atoms with E-state index in [2.05, 4.69) is 5.32 Å². The summed E-state index contributed by atoms with van der Waals surface area (Å²) >= 11 is 0. The molecule has 0 aliphatic carbocycles. The fourth-order valence-corrected chi connectivity index (χ4v) is 1.26. The topological polar surface area (TPSA) is 85.5 Å². The molecule has 0 saturated carbocycles. The van der Waals surface area contributed by atoms with Crippen LogP contribution in [0.5, 0.6) is 0 Å². The van der Waals surface area contributed by atoms with Crippen LogP contribution in [0, 0.1) is 11.3 Å². The summed E-state index contributed by atoms with van der Waals surface area (Å²) in [5, 5.41) is 29.8. The van der Waals surface area contributed by atoms with Crippen LogP contribution >= 0.6 is 0 Å². The smallest absolute Gasteiger partial charge is 0.423 e. The summed E-state index contributed by atoms with van der Waals surface area (Å²) in [6.07, 6.45) is 0. The van der Waals surface area contributed by atoms with E-state index in [0.717, 1.165) is 0 Å². The second kappa shape index (κ2) is 6.13. The van der Waals surface area contributed by atoms with Crippen molar-refractivity contribution in [3.05, 3.63) is 23.8 Å². The molecule has 5 nitrogen and oxygen atoms in total. The minimum atomic E-state index is -1.56. The van der Waals surface area contributed by atoms with E-state index in [0.29, 0.717) is 29.9 Å². The normalized spacial score (nSPS) is 9.62. The Hall–Kier alpha value is -1.55. The lowest BCUT2D eigenvalue weighted by Gasteiger charge is -2.09. The first-order valence-electron chi connectivity index (χ1n) is 4.82. The molecule has 0 aliphatic heterocycles. The average Bonchev–Trinajstić information content (AvgIpc) is 2.29. The van der Waals surface area contributed by atoms with Crippen molar-refractivity contribution in [1.82, 2.24) is 0 Å². The zero-order chi connectivity index (χ0) is 12.0. The minimum absolute atomic E-state index is 0.300. The Bertz CT molecular complexity index is 390. The number of anilines is 1. The van der Waals surface area contributed by atoms with Gasteiger partial charge in [0, 0.05) is 13.7 Å². The van der Waals surface area contributed by atoms with E-state index in [1.807, 2.05) is 6.07 Å². The van der Waals surface area contributed by atoms with Crippen LogP contribution in [0.15, 0.2) is 18.2 Å². The van der Waals surface area contributed by atoms with Gasteiger partial charge >= 0.3 is 7.12 Å². The first-order valence-corrected chi connectivity index (χ1v) is 4.82. The Morgan fingerprint density at radius 3 is 2.81 bits per heavy atom. The summed E-state index contributed by atoms with van der Waals surface area (Å²) in [5.74, 6) is 0. The summed E-state index contributed by atoms with van der Waals surface area (Å²) in [4.78, 5) is 0. The summed E-state index contributed by atoms with van der Waals surface area (Å²) in [7, 11) is 0.0399. The molecule has 1 rings (SSSR count). The lowest BCUT2D eigenvalue weighted by Crippen LogP contribution is -2.30. The van der Waals surface area contributed by atoms with Crippen LogP contribution in [-0.4, -0.2) is 37.4 Å². The first kappa shape index (κ1) is 12.5. The maximum Gasteiger partial charge on any atom is 0.488 e. The number of benzene rings is 1. The van der Waals surface area contributed by atoms with E-state index in [1.54, 1.807) is 19.2 Å². The highest BCUT2D eigenvalue weighted by Gasteiger charge is 2.12. The first-order chi connectivity index (χ1) is 7.69. The van der Waals surface area contributed by atoms with Crippen LogP contribution in [0.1, 0.15) is 5.56 Å². The Labute approximate surface area is 94.4 Å². The number of hydrogen-bond donors (Lipinski definition) is 3. The molecule has 1 aromatic rings. The number of ether oxygens (including phenoxy) is 1. The van der Waals surface area contributed by atoms with E-state index in [4.69, 9.17) is 20.0 Å². The molecule has 0 amide bonds. The molecule has 0 aliphatic rings. The van der Waals surface area contributed by atoms with Crippen molar-refractivity contribution in [2.24, 2.45) is 0 Å². The van der Waals surface area contributed by atoms with E-state index in [9.17, 15) is 0 Å². The van der Waals surface area contributed by atoms with Gasteiger partial charge in [-0.15, -0.1) is 0 Å². The third kappa shape index (κ3) is 3.24. The van der Waals surface area contributed by atoms with Crippen LogP contribution < -0.4 is 10.8 Å². The molecule has 0 bridgehead atoms. The molecule has 0 atom stereocenters. The van der Waals surface area contributed by atoms with Crippen molar-refractivity contribution in [2.75, 3.05) is 25.6 Å². The Kier molecular flexibility index (Phi) is 4.80. The fraction of sp³-hybridized carbons (Fsp3) is 0.300. The number of methoxy groups -OCH3 is 1. The van der Waals surface area contributed by atoms with Crippen molar-refractivity contribution in [3.63, 3.8) is 0 Å². The van der Waals surface area contributed by atoms with Crippen molar-refractivity contribution < 1.29 is 14.8 Å². The predicted octanol–water partition coefficient (Wildman–Crippen LogP) is -0.704. The lowest BCUT2D eigenvalue weighted by atomic mass is 9.79. The van der Waals surface area contributed by atoms with E-state index >= 15 is 0 Å². The van der Waals surface area contributed by atoms with Gasteiger partial charge in [0.15, 0.2) is 0 Å². The van der Waals surface area contributed by atoms with Crippen molar-refractivity contribution in [2.45, 2.75) is 0 Å². The Balaban J connectivity index is 2.82. The number of nitriles is 1. The highest BCUT2D eigenvalue weighted by atomic mass is 16.5. The second-order valence-electron chi connectivity index (χ2n) is 3.21. The zero-order valence-corrected chi connectivity index (χ0v) is 8.97. The number of hydrogen-bond acceptors (Lipinski definition) is 5. The van der Waals surface area contributed by atoms with Gasteiger partial charge in [-0.2, -0.15) is 5.26 Å². The van der Waals surface area contributed by atoms with Crippen molar-refractivity contribution in [3.8, 4) is 6.07 Å². The van der Waals surface area contributed by atoms with Crippen molar-refractivity contribution in [1.29, 1.82) is 5.26 Å². The van der Waals surface area contributed by atoms with Crippen LogP contribution in [0.4, 0.5) is 5.69 Å². The fourth-order valence-electron chi connectivity index (χ4n) is 1.26. The molecule has 0 spiro atoms. The van der Waals surface area contributed by atoms with Gasteiger partial charge in [-0.05, 0) is 17.6 Å². The molecule has 0 fully saturated rings. The lowest BCUT2D eigenvalue weighted by molar-refractivity contribution is 0.211. The van der Waals surface area contributed by atoms with Crippen LogP contribution in [-0.2, 0) is 4.74 Å². The largest absolute Gasteiger partial charge is 0.488 e. The second-order valence-corrected chi connectivity index (χ2v) is 3.21. The van der Waals surface area contributed by atoms with Crippen molar-refractivity contribution >= 4 is 18.3 Å². The summed E-state index contributed by atoms with van der Waals surface area (Å²) in [5.41, 5.74) is 1.33. The van der Waals surface area contributed by atoms with Crippen LogP contribution in [0.3, 0.4) is 0 Å². The quantitative estimate of drug-likeness (QED) is 0.451. The van der Waals surface area contributed by atoms with Gasteiger partial charge in [0.2, 0.25) is 0 Å². The number of rotatable bonds is 5. The van der Waals surface area contributed by atoms with Crippen LogP contribution in [0.25, 0.3) is 0 Å². The molecule has 0 aromatic heterocycles. The highest BCUT2D eigenvalue weighted by Crippen LogP contribution is 2.12. The molecule has 0 unspecified atom stereocenters. The summed E-state index contributed by atoms with van der Waals surface area (Å²) in [6, 6.07) is 6.63. The summed E-state index contributed by atoms with van der Waals surface area (Å²) in [6.45, 7) is 1.13. The predicted molar refractivity (Wildman–Crippen MR) is 61.3 cm³/mol. The van der Waals surface area contributed by atoms with Gasteiger partial charge < -0.3 is 20.1 Å². The van der Waals surface area contributed by atoms with Gasteiger partial charge in [0.25, 0.3) is 0 Å². The molecule has 0 saturated heterocycles. The zero-order valence-electron chi connectivity index (χ0n) is 8.97. The van der Waals surface area contributed by atoms with Gasteiger partial charge in [0.1, 0.15) is 6.07 Å². The minimum Gasteiger partial charge on any atom is -0.423 e. The highest BCUT2D eigenvalue weighted by molar-refractivity contribution is 6.58. The Morgan fingerprint density at radius 1 is 1.50 bits per heavy atom.